The third-order valence-electron chi connectivity index (χ3n) is 8.18. The molecule has 2 aromatic heterocycles. The molecule has 2 aliphatic rings. The third-order valence-corrected chi connectivity index (χ3v) is 8.56. The third kappa shape index (κ3) is 4.80. The number of hydrogen-bond donors (Lipinski definition) is 1. The maximum Gasteiger partial charge on any atom is 0.274 e. The minimum Gasteiger partial charge on any atom is -0.391 e. The van der Waals surface area contributed by atoms with E-state index in [1.807, 2.05) is 0 Å². The van der Waals surface area contributed by atoms with Crippen LogP contribution in [0, 0.1) is 31.3 Å². The highest BCUT2D eigenvalue weighted by molar-refractivity contribution is 6.31. The number of carbonyl (C=O) groups is 1. The van der Waals surface area contributed by atoms with Gasteiger partial charge < -0.3 is 10.0 Å². The number of aromatic nitrogens is 2. The number of halogens is 4. The Morgan fingerprint density at radius 3 is 2.48 bits per heavy atom. The number of benzene rings is 2. The molecular weight excluding hydrogens is 567 g/mol. The first kappa shape index (κ1) is 28.2. The molecule has 3 heterocycles. The Morgan fingerprint density at radius 2 is 1.79 bits per heavy atom. The van der Waals surface area contributed by atoms with Gasteiger partial charge in [0.05, 0.1) is 17.4 Å². The Labute approximate surface area is 245 Å². The zero-order chi connectivity index (χ0) is 29.9. The second kappa shape index (κ2) is 10.7. The predicted molar refractivity (Wildman–Crippen MR) is 153 cm³/mol. The largest absolute Gasteiger partial charge is 0.391 e. The Morgan fingerprint density at radius 1 is 1.05 bits per heavy atom. The van der Waals surface area contributed by atoms with E-state index in [0.29, 0.717) is 23.2 Å². The van der Waals surface area contributed by atoms with Gasteiger partial charge in [-0.2, -0.15) is 0 Å². The van der Waals surface area contributed by atoms with Crippen LogP contribution in [0.25, 0.3) is 16.9 Å². The van der Waals surface area contributed by atoms with Gasteiger partial charge in [0, 0.05) is 30.5 Å². The van der Waals surface area contributed by atoms with Crippen molar-refractivity contribution < 1.29 is 23.1 Å². The van der Waals surface area contributed by atoms with Crippen LogP contribution in [0.5, 0.6) is 0 Å². The molecule has 3 atom stereocenters. The Kier molecular flexibility index (Phi) is 7.19. The maximum atomic E-state index is 16.3. The molecule has 2 fully saturated rings. The van der Waals surface area contributed by atoms with E-state index in [-0.39, 0.29) is 58.3 Å². The van der Waals surface area contributed by atoms with E-state index in [1.165, 1.54) is 41.4 Å². The predicted octanol–water partition coefficient (Wildman–Crippen LogP) is 6.06. The summed E-state index contributed by atoms with van der Waals surface area (Å²) in [5.41, 5.74) is 0.783. The average Bonchev–Trinajstić information content (AvgIpc) is 3.64. The van der Waals surface area contributed by atoms with Gasteiger partial charge in [0.2, 0.25) is 0 Å². The number of rotatable bonds is 5. The molecule has 4 aromatic rings. The summed E-state index contributed by atoms with van der Waals surface area (Å²) in [5.74, 6) is -2.75. The van der Waals surface area contributed by atoms with E-state index in [9.17, 15) is 19.1 Å². The quantitative estimate of drug-likeness (QED) is 0.305. The van der Waals surface area contributed by atoms with Crippen LogP contribution in [-0.4, -0.2) is 44.7 Å². The molecule has 1 aliphatic heterocycles. The fourth-order valence-corrected chi connectivity index (χ4v) is 6.18. The summed E-state index contributed by atoms with van der Waals surface area (Å²) in [6.45, 7) is 3.63. The molecule has 1 N–H and O–H groups in total. The van der Waals surface area contributed by atoms with Crippen LogP contribution in [0.15, 0.2) is 59.5 Å². The molecule has 0 radical (unpaired) electrons. The van der Waals surface area contributed by atoms with Gasteiger partial charge in [0.25, 0.3) is 11.5 Å². The lowest BCUT2D eigenvalue weighted by Gasteiger charge is -2.19. The second-order valence-electron chi connectivity index (χ2n) is 11.0. The van der Waals surface area contributed by atoms with Crippen molar-refractivity contribution in [3.8, 4) is 16.9 Å². The van der Waals surface area contributed by atoms with Gasteiger partial charge >= 0.3 is 0 Å². The van der Waals surface area contributed by atoms with E-state index in [1.54, 1.807) is 32.0 Å². The van der Waals surface area contributed by atoms with Crippen LogP contribution < -0.4 is 5.56 Å². The SMILES string of the molecule is Cc1cnc(-c2cccc(C(=O)N3CC[C@@H](O)C3)c2F)c(F)c1-n1c(C)cc([C@H]2C[C@@H]2c2ccc(F)cc2)c(Cl)c1=O. The number of aliphatic hydroxyl groups excluding tert-OH is 1. The molecule has 0 bridgehead atoms. The van der Waals surface area contributed by atoms with Gasteiger partial charge in [0.1, 0.15) is 22.4 Å². The van der Waals surface area contributed by atoms with Gasteiger partial charge in [-0.1, -0.05) is 29.8 Å². The zero-order valence-corrected chi connectivity index (χ0v) is 23.6. The van der Waals surface area contributed by atoms with Crippen molar-refractivity contribution in [1.29, 1.82) is 0 Å². The molecule has 1 amide bonds. The molecule has 1 saturated heterocycles. The number of aryl methyl sites for hydroxylation is 2. The molecule has 10 heteroatoms. The molecule has 216 valence electrons. The van der Waals surface area contributed by atoms with Crippen molar-refractivity contribution >= 4 is 17.5 Å². The average molecular weight is 594 g/mol. The van der Waals surface area contributed by atoms with Gasteiger partial charge in [-0.15, -0.1) is 0 Å². The van der Waals surface area contributed by atoms with Crippen molar-refractivity contribution in [3.63, 3.8) is 0 Å². The van der Waals surface area contributed by atoms with Crippen LogP contribution >= 0.6 is 11.6 Å². The van der Waals surface area contributed by atoms with Crippen molar-refractivity contribution in [3.05, 3.63) is 116 Å². The number of pyridine rings is 2. The molecule has 2 aromatic carbocycles. The van der Waals surface area contributed by atoms with Crippen molar-refractivity contribution in [2.75, 3.05) is 13.1 Å². The van der Waals surface area contributed by atoms with E-state index in [4.69, 9.17) is 11.6 Å². The number of amides is 1. The highest BCUT2D eigenvalue weighted by atomic mass is 35.5. The number of carbonyl (C=O) groups excluding carboxylic acids is 1. The molecule has 0 unspecified atom stereocenters. The van der Waals surface area contributed by atoms with Crippen molar-refractivity contribution in [2.45, 2.75) is 44.6 Å². The topological polar surface area (TPSA) is 75.4 Å². The van der Waals surface area contributed by atoms with E-state index >= 15 is 8.78 Å². The van der Waals surface area contributed by atoms with E-state index in [2.05, 4.69) is 4.98 Å². The fourth-order valence-electron chi connectivity index (χ4n) is 5.90. The van der Waals surface area contributed by atoms with Gasteiger partial charge in [-0.05, 0) is 85.5 Å². The number of β-amino-alcohol motifs (C(OH)–C–C–N with tert-alkyl or cyclic N) is 1. The smallest absolute Gasteiger partial charge is 0.274 e. The summed E-state index contributed by atoms with van der Waals surface area (Å²) in [6, 6.07) is 12.1. The van der Waals surface area contributed by atoms with E-state index < -0.39 is 29.2 Å². The van der Waals surface area contributed by atoms with Crippen molar-refractivity contribution in [2.24, 2.45) is 0 Å². The number of hydrogen-bond acceptors (Lipinski definition) is 4. The van der Waals surface area contributed by atoms with Crippen LogP contribution in [0.3, 0.4) is 0 Å². The normalized spacial score (nSPS) is 19.8. The highest BCUT2D eigenvalue weighted by Gasteiger charge is 2.41. The summed E-state index contributed by atoms with van der Waals surface area (Å²) >= 11 is 6.60. The Bertz CT molecular complexity index is 1790. The number of aliphatic hydroxyl groups is 1. The monoisotopic (exact) mass is 593 g/mol. The van der Waals surface area contributed by atoms with Crippen LogP contribution in [0.1, 0.15) is 57.4 Å². The molecular formula is C32H27ClF3N3O3. The summed E-state index contributed by atoms with van der Waals surface area (Å²) in [5, 5.41) is 9.75. The van der Waals surface area contributed by atoms with Gasteiger partial charge in [-0.3, -0.25) is 19.1 Å². The number of nitrogens with zero attached hydrogens (tertiary/aromatic N) is 3. The first-order chi connectivity index (χ1) is 20.1. The van der Waals surface area contributed by atoms with Gasteiger partial charge in [-0.25, -0.2) is 13.2 Å². The molecule has 42 heavy (non-hydrogen) atoms. The maximum absolute atomic E-state index is 16.3. The number of likely N-dealkylation sites (tertiary alicyclic amines) is 1. The molecule has 1 saturated carbocycles. The lowest BCUT2D eigenvalue weighted by Crippen LogP contribution is -2.30. The van der Waals surface area contributed by atoms with E-state index in [0.717, 1.165) is 16.6 Å². The Hall–Kier alpha value is -3.95. The molecule has 0 spiro atoms. The standard InChI is InChI=1S/C32H27ClF3N3O3/c1-16-14-37-29(21-4-3-5-22(27(21)35)31(41)38-11-10-20(40)15-38)28(36)30(16)39-17(2)12-25(26(33)32(39)42)24-13-23(24)18-6-8-19(34)9-7-18/h3-9,12,14,20,23-24,40H,10-11,13,15H2,1-2H3/t20-,23-,24+/m1/s1. The van der Waals surface area contributed by atoms with Crippen LogP contribution in [0.4, 0.5) is 13.2 Å². The summed E-state index contributed by atoms with van der Waals surface area (Å²) in [6.07, 6.45) is 1.81. The van der Waals surface area contributed by atoms with Crippen LogP contribution in [-0.2, 0) is 0 Å². The van der Waals surface area contributed by atoms with Crippen molar-refractivity contribution in [1.82, 2.24) is 14.5 Å². The molecule has 6 nitrogen and oxygen atoms in total. The van der Waals surface area contributed by atoms with Crippen LogP contribution in [0.2, 0.25) is 5.02 Å². The molecule has 1 aliphatic carbocycles. The molecule has 6 rings (SSSR count). The first-order valence-electron chi connectivity index (χ1n) is 13.7. The lowest BCUT2D eigenvalue weighted by atomic mass is 10.0. The first-order valence-corrected chi connectivity index (χ1v) is 14.0. The fraction of sp³-hybridized carbons (Fsp3) is 0.281. The minimum absolute atomic E-state index is 0.0333. The lowest BCUT2D eigenvalue weighted by molar-refractivity contribution is 0.0760. The summed E-state index contributed by atoms with van der Waals surface area (Å²) < 4.78 is 46.5. The minimum atomic E-state index is -0.942. The van der Waals surface area contributed by atoms with Gasteiger partial charge in [0.15, 0.2) is 5.82 Å². The highest BCUT2D eigenvalue weighted by Crippen LogP contribution is 2.55. The zero-order valence-electron chi connectivity index (χ0n) is 22.9. The Balaban J connectivity index is 1.39. The summed E-state index contributed by atoms with van der Waals surface area (Å²) in [7, 11) is 0. The summed E-state index contributed by atoms with van der Waals surface area (Å²) in [4.78, 5) is 32.1. The second-order valence-corrected chi connectivity index (χ2v) is 11.4.